The highest BCUT2D eigenvalue weighted by Gasteiger charge is 2.11. The van der Waals surface area contributed by atoms with Gasteiger partial charge in [-0.3, -0.25) is 4.40 Å². The molecule has 0 amide bonds. The molecule has 0 aliphatic carbocycles. The molecule has 0 aliphatic heterocycles. The third-order valence-electron chi connectivity index (χ3n) is 2.44. The van der Waals surface area contributed by atoms with Gasteiger partial charge in [0.25, 0.3) is 0 Å². The molecule has 2 aromatic rings. The molecule has 0 fully saturated rings. The fourth-order valence-corrected chi connectivity index (χ4v) is 1.71. The summed E-state index contributed by atoms with van der Waals surface area (Å²) in [6.07, 6.45) is 3.85. The molecule has 0 saturated heterocycles. The van der Waals surface area contributed by atoms with Gasteiger partial charge < -0.3 is 4.74 Å². The van der Waals surface area contributed by atoms with Gasteiger partial charge in [-0.2, -0.15) is 0 Å². The predicted octanol–water partition coefficient (Wildman–Crippen LogP) is 2.07. The van der Waals surface area contributed by atoms with Crippen molar-refractivity contribution in [3.05, 3.63) is 35.8 Å². The van der Waals surface area contributed by atoms with Gasteiger partial charge in [0.2, 0.25) is 0 Å². The second-order valence-electron chi connectivity index (χ2n) is 3.61. The topological polar surface area (TPSA) is 43.6 Å². The maximum Gasteiger partial charge on any atom is 0.355 e. The highest BCUT2D eigenvalue weighted by atomic mass is 16.5. The Balaban J connectivity index is 2.54. The Kier molecular flexibility index (Phi) is 2.90. The van der Waals surface area contributed by atoms with Gasteiger partial charge in [0.15, 0.2) is 0 Å². The second kappa shape index (κ2) is 4.35. The minimum Gasteiger partial charge on any atom is -0.464 e. The third-order valence-corrected chi connectivity index (χ3v) is 2.44. The average molecular weight is 218 g/mol. The van der Waals surface area contributed by atoms with E-state index >= 15 is 0 Å². The van der Waals surface area contributed by atoms with Crippen LogP contribution in [0.3, 0.4) is 0 Å². The van der Waals surface area contributed by atoms with E-state index in [-0.39, 0.29) is 5.97 Å². The highest BCUT2D eigenvalue weighted by Crippen LogP contribution is 2.11. The van der Waals surface area contributed by atoms with Crippen molar-refractivity contribution >= 4 is 11.6 Å². The van der Waals surface area contributed by atoms with E-state index in [4.69, 9.17) is 4.74 Å². The number of esters is 1. The number of aryl methyl sites for hydroxylation is 1. The van der Waals surface area contributed by atoms with Crippen molar-refractivity contribution in [3.63, 3.8) is 0 Å². The zero-order chi connectivity index (χ0) is 11.5. The lowest BCUT2D eigenvalue weighted by Gasteiger charge is -2.01. The third kappa shape index (κ3) is 1.78. The highest BCUT2D eigenvalue weighted by molar-refractivity contribution is 5.88. The van der Waals surface area contributed by atoms with Gasteiger partial charge in [0, 0.05) is 6.20 Å². The fourth-order valence-electron chi connectivity index (χ4n) is 1.71. The normalized spacial score (nSPS) is 10.6. The van der Waals surface area contributed by atoms with Crippen molar-refractivity contribution in [2.45, 2.75) is 19.8 Å². The van der Waals surface area contributed by atoms with Crippen molar-refractivity contribution in [3.8, 4) is 0 Å². The van der Waals surface area contributed by atoms with E-state index in [0.29, 0.717) is 5.69 Å². The zero-order valence-electron chi connectivity index (χ0n) is 9.43. The summed E-state index contributed by atoms with van der Waals surface area (Å²) in [6, 6.07) is 5.42. The standard InChI is InChI=1S/C12H14N2O2/c1-3-5-9-8-14-10(12(15)16-2)6-4-7-11(14)13-9/h4,6-8H,3,5H2,1-2H3. The van der Waals surface area contributed by atoms with Gasteiger partial charge in [-0.1, -0.05) is 19.4 Å². The molecule has 4 nitrogen and oxygen atoms in total. The summed E-state index contributed by atoms with van der Waals surface area (Å²) >= 11 is 0. The number of aromatic nitrogens is 2. The predicted molar refractivity (Wildman–Crippen MR) is 60.5 cm³/mol. The first kappa shape index (κ1) is 10.7. The molecule has 0 atom stereocenters. The molecule has 2 aromatic heterocycles. The number of carbonyl (C=O) groups excluding carboxylic acids is 1. The molecule has 0 unspecified atom stereocenters. The van der Waals surface area contributed by atoms with Crippen LogP contribution in [-0.4, -0.2) is 22.5 Å². The van der Waals surface area contributed by atoms with Crippen LogP contribution in [0.25, 0.3) is 5.65 Å². The minimum atomic E-state index is -0.342. The van der Waals surface area contributed by atoms with E-state index in [0.717, 1.165) is 24.2 Å². The van der Waals surface area contributed by atoms with Crippen molar-refractivity contribution in [1.82, 2.24) is 9.38 Å². The molecular formula is C12H14N2O2. The number of ether oxygens (including phenoxy) is 1. The first-order valence-electron chi connectivity index (χ1n) is 5.31. The Morgan fingerprint density at radius 2 is 2.31 bits per heavy atom. The molecule has 2 rings (SSSR count). The minimum absolute atomic E-state index is 0.342. The SMILES string of the molecule is CCCc1cn2c(C(=O)OC)cccc2n1. The monoisotopic (exact) mass is 218 g/mol. The van der Waals surface area contributed by atoms with E-state index in [2.05, 4.69) is 11.9 Å². The molecule has 0 spiro atoms. The van der Waals surface area contributed by atoms with Crippen LogP contribution in [0, 0.1) is 0 Å². The molecule has 84 valence electrons. The van der Waals surface area contributed by atoms with Crippen molar-refractivity contribution in [2.75, 3.05) is 7.11 Å². The summed E-state index contributed by atoms with van der Waals surface area (Å²) in [6.45, 7) is 2.10. The summed E-state index contributed by atoms with van der Waals surface area (Å²) in [4.78, 5) is 16.0. The van der Waals surface area contributed by atoms with E-state index in [9.17, 15) is 4.79 Å². The lowest BCUT2D eigenvalue weighted by Crippen LogP contribution is -2.06. The van der Waals surface area contributed by atoms with Crippen LogP contribution in [0.4, 0.5) is 0 Å². The van der Waals surface area contributed by atoms with E-state index < -0.39 is 0 Å². The number of rotatable bonds is 3. The van der Waals surface area contributed by atoms with E-state index in [1.165, 1.54) is 7.11 Å². The lowest BCUT2D eigenvalue weighted by molar-refractivity contribution is 0.0592. The number of fused-ring (bicyclic) bond motifs is 1. The molecule has 0 bridgehead atoms. The Labute approximate surface area is 93.9 Å². The Morgan fingerprint density at radius 3 is 3.00 bits per heavy atom. The molecule has 0 aromatic carbocycles. The first-order valence-corrected chi connectivity index (χ1v) is 5.31. The van der Waals surface area contributed by atoms with E-state index in [1.807, 2.05) is 18.3 Å². The van der Waals surface area contributed by atoms with Gasteiger partial charge in [-0.05, 0) is 18.6 Å². The molecule has 16 heavy (non-hydrogen) atoms. The molecular weight excluding hydrogens is 204 g/mol. The van der Waals surface area contributed by atoms with Gasteiger partial charge in [-0.15, -0.1) is 0 Å². The largest absolute Gasteiger partial charge is 0.464 e. The number of carbonyl (C=O) groups is 1. The Hall–Kier alpha value is -1.84. The Bertz CT molecular complexity index is 517. The smallest absolute Gasteiger partial charge is 0.355 e. The van der Waals surface area contributed by atoms with Crippen LogP contribution in [-0.2, 0) is 11.2 Å². The number of hydrogen-bond donors (Lipinski definition) is 0. The van der Waals surface area contributed by atoms with Crippen molar-refractivity contribution in [2.24, 2.45) is 0 Å². The number of pyridine rings is 1. The number of methoxy groups -OCH3 is 1. The van der Waals surface area contributed by atoms with Crippen molar-refractivity contribution < 1.29 is 9.53 Å². The molecule has 2 heterocycles. The molecule has 0 saturated carbocycles. The van der Waals surface area contributed by atoms with E-state index in [1.54, 1.807) is 10.5 Å². The van der Waals surface area contributed by atoms with Crippen LogP contribution in [0.2, 0.25) is 0 Å². The average Bonchev–Trinajstić information content (AvgIpc) is 2.70. The van der Waals surface area contributed by atoms with Crippen LogP contribution >= 0.6 is 0 Å². The van der Waals surface area contributed by atoms with Crippen LogP contribution < -0.4 is 0 Å². The number of hydrogen-bond acceptors (Lipinski definition) is 3. The van der Waals surface area contributed by atoms with Gasteiger partial charge >= 0.3 is 5.97 Å². The summed E-state index contributed by atoms with van der Waals surface area (Å²) in [7, 11) is 1.38. The molecule has 0 aliphatic rings. The quantitative estimate of drug-likeness (QED) is 0.741. The first-order chi connectivity index (χ1) is 7.76. The maximum absolute atomic E-state index is 11.5. The summed E-state index contributed by atoms with van der Waals surface area (Å²) in [5.74, 6) is -0.342. The van der Waals surface area contributed by atoms with Gasteiger partial charge in [0.05, 0.1) is 12.8 Å². The molecule has 0 radical (unpaired) electrons. The Morgan fingerprint density at radius 1 is 1.50 bits per heavy atom. The fraction of sp³-hybridized carbons (Fsp3) is 0.333. The van der Waals surface area contributed by atoms with Crippen LogP contribution in [0.5, 0.6) is 0 Å². The number of nitrogens with zero attached hydrogens (tertiary/aromatic N) is 2. The van der Waals surface area contributed by atoms with Gasteiger partial charge in [0.1, 0.15) is 11.3 Å². The zero-order valence-corrected chi connectivity index (χ0v) is 9.43. The maximum atomic E-state index is 11.5. The van der Waals surface area contributed by atoms with Crippen LogP contribution in [0.15, 0.2) is 24.4 Å². The number of imidazole rings is 1. The molecule has 0 N–H and O–H groups in total. The molecule has 4 heteroatoms. The van der Waals surface area contributed by atoms with Gasteiger partial charge in [-0.25, -0.2) is 9.78 Å². The lowest BCUT2D eigenvalue weighted by atomic mass is 10.3. The summed E-state index contributed by atoms with van der Waals surface area (Å²) < 4.78 is 6.50. The second-order valence-corrected chi connectivity index (χ2v) is 3.61. The van der Waals surface area contributed by atoms with Crippen molar-refractivity contribution in [1.29, 1.82) is 0 Å². The van der Waals surface area contributed by atoms with Crippen LogP contribution in [0.1, 0.15) is 29.5 Å². The summed E-state index contributed by atoms with van der Waals surface area (Å²) in [5, 5.41) is 0. The summed E-state index contributed by atoms with van der Waals surface area (Å²) in [5.41, 5.74) is 2.29.